The molecule has 0 spiro atoms. The first-order chi connectivity index (χ1) is 14.9. The number of nitrogens with zero attached hydrogens (tertiary/aromatic N) is 2. The molecule has 1 saturated heterocycles. The number of rotatable bonds is 8. The van der Waals surface area contributed by atoms with Crippen molar-refractivity contribution < 1.29 is 36.9 Å². The van der Waals surface area contributed by atoms with Gasteiger partial charge in [-0.15, -0.1) is 0 Å². The van der Waals surface area contributed by atoms with Crippen LogP contribution in [-0.4, -0.2) is 88.1 Å². The van der Waals surface area contributed by atoms with Gasteiger partial charge in [0.15, 0.2) is 11.5 Å². The molecule has 2 aliphatic heterocycles. The summed E-state index contributed by atoms with van der Waals surface area (Å²) in [4.78, 5) is 16.4. The summed E-state index contributed by atoms with van der Waals surface area (Å²) in [5.41, 5.74) is 0.770. The van der Waals surface area contributed by atoms with Crippen LogP contribution in [0.2, 0.25) is 0 Å². The van der Waals surface area contributed by atoms with E-state index in [0.717, 1.165) is 5.56 Å². The van der Waals surface area contributed by atoms with E-state index in [1.165, 1.54) is 6.08 Å². The number of hydrogen-bond donors (Lipinski definition) is 0. The van der Waals surface area contributed by atoms with Crippen LogP contribution in [0.4, 0.5) is 13.2 Å². The van der Waals surface area contributed by atoms with E-state index in [1.807, 2.05) is 0 Å². The number of alkyl halides is 3. The summed E-state index contributed by atoms with van der Waals surface area (Å²) in [6.07, 6.45) is -0.528. The number of hydrogen-bond acceptors (Lipinski definition) is 6. The molecule has 1 amide bonds. The minimum absolute atomic E-state index is 0.0698. The number of halogens is 3. The van der Waals surface area contributed by atoms with Gasteiger partial charge in [0, 0.05) is 45.4 Å². The van der Waals surface area contributed by atoms with Crippen molar-refractivity contribution in [1.82, 2.24) is 9.80 Å². The van der Waals surface area contributed by atoms with Gasteiger partial charge in [-0.05, 0) is 30.2 Å². The topological polar surface area (TPSA) is 60.5 Å². The van der Waals surface area contributed by atoms with Crippen molar-refractivity contribution in [3.05, 3.63) is 23.8 Å². The highest BCUT2D eigenvalue weighted by atomic mass is 19.4. The molecule has 0 bridgehead atoms. The Hall–Kier alpha value is -2.46. The second-order valence-electron chi connectivity index (χ2n) is 7.27. The maximum absolute atomic E-state index is 12.5. The van der Waals surface area contributed by atoms with Crippen molar-refractivity contribution in [2.45, 2.75) is 12.6 Å². The molecule has 1 aromatic carbocycles. The summed E-state index contributed by atoms with van der Waals surface area (Å²) < 4.78 is 57.3. The van der Waals surface area contributed by atoms with Crippen LogP contribution in [0.5, 0.6) is 17.2 Å². The van der Waals surface area contributed by atoms with Crippen molar-refractivity contribution in [2.75, 3.05) is 66.3 Å². The molecule has 0 N–H and O–H groups in total. The highest BCUT2D eigenvalue weighted by molar-refractivity contribution is 5.92. The van der Waals surface area contributed by atoms with Crippen LogP contribution in [0, 0.1) is 0 Å². The summed E-state index contributed by atoms with van der Waals surface area (Å²) in [6, 6.07) is 3.59. The molecule has 172 valence electrons. The Labute approximate surface area is 179 Å². The zero-order valence-corrected chi connectivity index (χ0v) is 17.5. The maximum atomic E-state index is 12.5. The third kappa shape index (κ3) is 7.03. The number of methoxy groups -OCH3 is 1. The van der Waals surface area contributed by atoms with E-state index in [2.05, 4.69) is 9.64 Å². The van der Waals surface area contributed by atoms with Crippen LogP contribution in [0.3, 0.4) is 0 Å². The maximum Gasteiger partial charge on any atom is 0.411 e. The molecule has 0 radical (unpaired) electrons. The lowest BCUT2D eigenvalue weighted by molar-refractivity contribution is -0.174. The highest BCUT2D eigenvalue weighted by Crippen LogP contribution is 2.40. The minimum atomic E-state index is -4.29. The van der Waals surface area contributed by atoms with Crippen molar-refractivity contribution >= 4 is 12.0 Å². The fourth-order valence-corrected chi connectivity index (χ4v) is 3.43. The summed E-state index contributed by atoms with van der Waals surface area (Å²) in [7, 11) is 1.55. The smallest absolute Gasteiger partial charge is 0.411 e. The van der Waals surface area contributed by atoms with Gasteiger partial charge < -0.3 is 23.8 Å². The third-order valence-electron chi connectivity index (χ3n) is 4.98. The Kier molecular flexibility index (Phi) is 8.03. The molecule has 10 heteroatoms. The van der Waals surface area contributed by atoms with Crippen LogP contribution in [0.1, 0.15) is 12.0 Å². The summed E-state index contributed by atoms with van der Waals surface area (Å²) >= 11 is 0. The van der Waals surface area contributed by atoms with Crippen LogP contribution in [0.25, 0.3) is 6.08 Å². The lowest BCUT2D eigenvalue weighted by atomic mass is 10.1. The Morgan fingerprint density at radius 2 is 1.90 bits per heavy atom. The average molecular weight is 444 g/mol. The van der Waals surface area contributed by atoms with Crippen LogP contribution in [0.15, 0.2) is 18.2 Å². The Morgan fingerprint density at radius 3 is 2.61 bits per heavy atom. The zero-order valence-electron chi connectivity index (χ0n) is 17.5. The van der Waals surface area contributed by atoms with Gasteiger partial charge in [0.05, 0.1) is 7.11 Å². The first-order valence-electron chi connectivity index (χ1n) is 10.2. The largest absolute Gasteiger partial charge is 0.493 e. The van der Waals surface area contributed by atoms with Gasteiger partial charge in [-0.25, -0.2) is 0 Å². The minimum Gasteiger partial charge on any atom is -0.493 e. The van der Waals surface area contributed by atoms with Gasteiger partial charge in [0.25, 0.3) is 0 Å². The van der Waals surface area contributed by atoms with Gasteiger partial charge in [-0.2, -0.15) is 13.2 Å². The molecule has 0 unspecified atom stereocenters. The van der Waals surface area contributed by atoms with Crippen molar-refractivity contribution in [1.29, 1.82) is 0 Å². The molecule has 2 aliphatic rings. The van der Waals surface area contributed by atoms with Crippen LogP contribution in [-0.2, 0) is 9.53 Å². The van der Waals surface area contributed by atoms with Gasteiger partial charge in [0.2, 0.25) is 11.7 Å². The second kappa shape index (κ2) is 10.7. The Morgan fingerprint density at radius 1 is 1.16 bits per heavy atom. The number of carbonyl (C=O) groups excluding carboxylic acids is 1. The Bertz CT molecular complexity index is 760. The lowest BCUT2D eigenvalue weighted by Gasteiger charge is -2.34. The first kappa shape index (κ1) is 23.2. The molecule has 0 aliphatic carbocycles. The van der Waals surface area contributed by atoms with Gasteiger partial charge >= 0.3 is 6.18 Å². The SMILES string of the molecule is COc1cc(/C=C/C(=O)N2CCN(CCCOCC(F)(F)F)CC2)cc2c1OCCO2. The monoisotopic (exact) mass is 444 g/mol. The van der Waals surface area contributed by atoms with E-state index in [-0.39, 0.29) is 12.5 Å². The zero-order chi connectivity index (χ0) is 22.3. The molecule has 1 fully saturated rings. The van der Waals surface area contributed by atoms with E-state index in [9.17, 15) is 18.0 Å². The number of carbonyl (C=O) groups is 1. The van der Waals surface area contributed by atoms with Crippen molar-refractivity contribution in [3.63, 3.8) is 0 Å². The number of fused-ring (bicyclic) bond motifs is 1. The van der Waals surface area contributed by atoms with E-state index < -0.39 is 12.8 Å². The molecule has 2 heterocycles. The first-order valence-corrected chi connectivity index (χ1v) is 10.2. The predicted molar refractivity (Wildman–Crippen MR) is 108 cm³/mol. The van der Waals surface area contributed by atoms with Crippen LogP contribution < -0.4 is 14.2 Å². The molecule has 1 aromatic rings. The summed E-state index contributed by atoms with van der Waals surface area (Å²) in [5.74, 6) is 1.61. The number of amides is 1. The van der Waals surface area contributed by atoms with E-state index in [1.54, 1.807) is 30.2 Å². The van der Waals surface area contributed by atoms with E-state index >= 15 is 0 Å². The van der Waals surface area contributed by atoms with Crippen molar-refractivity contribution in [2.24, 2.45) is 0 Å². The molecule has 3 rings (SSSR count). The molecule has 0 saturated carbocycles. The van der Waals surface area contributed by atoms with Gasteiger partial charge in [-0.1, -0.05) is 0 Å². The second-order valence-corrected chi connectivity index (χ2v) is 7.27. The van der Waals surface area contributed by atoms with Gasteiger partial charge in [0.1, 0.15) is 19.8 Å². The normalized spacial score (nSPS) is 17.2. The summed E-state index contributed by atoms with van der Waals surface area (Å²) in [5, 5.41) is 0. The average Bonchev–Trinajstić information content (AvgIpc) is 2.76. The van der Waals surface area contributed by atoms with Gasteiger partial charge in [-0.3, -0.25) is 9.69 Å². The van der Waals surface area contributed by atoms with E-state index in [4.69, 9.17) is 14.2 Å². The number of benzene rings is 1. The fraction of sp³-hybridized carbons (Fsp3) is 0.571. The lowest BCUT2D eigenvalue weighted by Crippen LogP contribution is -2.48. The third-order valence-corrected chi connectivity index (χ3v) is 4.98. The molecule has 7 nitrogen and oxygen atoms in total. The highest BCUT2D eigenvalue weighted by Gasteiger charge is 2.27. The molecule has 0 atom stereocenters. The number of piperazine rings is 1. The molecule has 0 aromatic heterocycles. The predicted octanol–water partition coefficient (Wildman–Crippen LogP) is 2.59. The molecule has 31 heavy (non-hydrogen) atoms. The number of ether oxygens (including phenoxy) is 4. The van der Waals surface area contributed by atoms with E-state index in [0.29, 0.717) is 69.6 Å². The van der Waals surface area contributed by atoms with Crippen molar-refractivity contribution in [3.8, 4) is 17.2 Å². The van der Waals surface area contributed by atoms with Crippen LogP contribution >= 0.6 is 0 Å². The Balaban J connectivity index is 1.43. The molecular formula is C21H27F3N2O5. The fourth-order valence-electron chi connectivity index (χ4n) is 3.43. The standard InChI is InChI=1S/C21H27F3N2O5/c1-28-17-13-16(14-18-20(17)31-12-11-30-18)3-4-19(27)26-8-6-25(7-9-26)5-2-10-29-15-21(22,23)24/h3-4,13-14H,2,5-12,15H2,1H3/b4-3+. The quantitative estimate of drug-likeness (QED) is 0.454. The summed E-state index contributed by atoms with van der Waals surface area (Å²) in [6.45, 7) is 2.91. The molecular weight excluding hydrogens is 417 g/mol.